The van der Waals surface area contributed by atoms with Crippen LogP contribution in [0.15, 0.2) is 12.1 Å². The number of ether oxygens (including phenoxy) is 1. The molecule has 0 bridgehead atoms. The van der Waals surface area contributed by atoms with Crippen LogP contribution in [0.1, 0.15) is 25.3 Å². The first-order chi connectivity index (χ1) is 8.58. The molecule has 1 aromatic rings. The van der Waals surface area contributed by atoms with E-state index < -0.39 is 0 Å². The second-order valence-electron chi connectivity index (χ2n) is 4.26. The maximum atomic E-state index is 9.94. The molecule has 0 spiro atoms. The molecular weight excluding hydrogens is 254 g/mol. The van der Waals surface area contributed by atoms with Crippen LogP contribution in [0.25, 0.3) is 0 Å². The molecule has 0 saturated heterocycles. The van der Waals surface area contributed by atoms with Crippen molar-refractivity contribution in [3.8, 4) is 11.5 Å². The Morgan fingerprint density at radius 3 is 2.78 bits per heavy atom. The summed E-state index contributed by atoms with van der Waals surface area (Å²) in [5.41, 5.74) is 0.704. The summed E-state index contributed by atoms with van der Waals surface area (Å²) in [6.07, 6.45) is 1.65. The van der Waals surface area contributed by atoms with Gasteiger partial charge in [0.25, 0.3) is 0 Å². The van der Waals surface area contributed by atoms with Crippen LogP contribution >= 0.6 is 11.6 Å². The predicted octanol–water partition coefficient (Wildman–Crippen LogP) is 2.30. The number of aliphatic hydroxyl groups excluding tert-OH is 1. The summed E-state index contributed by atoms with van der Waals surface area (Å²) in [6.45, 7) is 2.74. The predicted molar refractivity (Wildman–Crippen MR) is 72.3 cm³/mol. The molecule has 0 heterocycles. The van der Waals surface area contributed by atoms with Gasteiger partial charge in [-0.1, -0.05) is 11.6 Å². The van der Waals surface area contributed by atoms with Crippen molar-refractivity contribution in [3.63, 3.8) is 0 Å². The molecule has 0 fully saturated rings. The van der Waals surface area contributed by atoms with Crippen LogP contribution in [0.3, 0.4) is 0 Å². The number of aromatic hydroxyl groups is 1. The molecule has 102 valence electrons. The number of aliphatic hydroxyl groups is 1. The fourth-order valence-electron chi connectivity index (χ4n) is 1.70. The molecule has 0 amide bonds. The van der Waals surface area contributed by atoms with Crippen LogP contribution in [0.2, 0.25) is 5.02 Å². The van der Waals surface area contributed by atoms with Gasteiger partial charge in [0.1, 0.15) is 0 Å². The third kappa shape index (κ3) is 4.37. The molecule has 4 nitrogen and oxygen atoms in total. The second kappa shape index (κ2) is 7.46. The van der Waals surface area contributed by atoms with E-state index in [-0.39, 0.29) is 18.4 Å². The normalized spacial score (nSPS) is 12.4. The van der Waals surface area contributed by atoms with Crippen molar-refractivity contribution in [2.45, 2.75) is 32.4 Å². The SMILES string of the molecule is COc1cc(Cl)cc(CNC(C)CCCO)c1O. The molecule has 0 aliphatic carbocycles. The average Bonchev–Trinajstić information content (AvgIpc) is 2.36. The first-order valence-electron chi connectivity index (χ1n) is 5.98. The Labute approximate surface area is 113 Å². The Balaban J connectivity index is 2.64. The summed E-state index contributed by atoms with van der Waals surface area (Å²) in [5, 5.41) is 22.5. The van der Waals surface area contributed by atoms with Crippen molar-refractivity contribution in [3.05, 3.63) is 22.7 Å². The Morgan fingerprint density at radius 1 is 1.44 bits per heavy atom. The third-order valence-electron chi connectivity index (χ3n) is 2.77. The van der Waals surface area contributed by atoms with Gasteiger partial charge >= 0.3 is 0 Å². The summed E-state index contributed by atoms with van der Waals surface area (Å²) in [5.74, 6) is 0.492. The Kier molecular flexibility index (Phi) is 6.25. The van der Waals surface area contributed by atoms with Crippen LogP contribution in [0, 0.1) is 0 Å². The third-order valence-corrected chi connectivity index (χ3v) is 2.99. The molecule has 1 aromatic carbocycles. The molecule has 18 heavy (non-hydrogen) atoms. The quantitative estimate of drug-likeness (QED) is 0.713. The Bertz CT molecular complexity index is 385. The summed E-state index contributed by atoms with van der Waals surface area (Å²) in [4.78, 5) is 0. The number of hydrogen-bond acceptors (Lipinski definition) is 4. The van der Waals surface area contributed by atoms with Gasteiger partial charge in [-0.05, 0) is 25.8 Å². The van der Waals surface area contributed by atoms with E-state index in [4.69, 9.17) is 21.4 Å². The van der Waals surface area contributed by atoms with Crippen LogP contribution in [0.5, 0.6) is 11.5 Å². The number of halogens is 1. The largest absolute Gasteiger partial charge is 0.504 e. The van der Waals surface area contributed by atoms with Gasteiger partial charge < -0.3 is 20.3 Å². The van der Waals surface area contributed by atoms with Crippen LogP contribution in [-0.4, -0.2) is 30.0 Å². The van der Waals surface area contributed by atoms with Gasteiger partial charge in [0.2, 0.25) is 0 Å². The molecule has 1 atom stereocenters. The van der Waals surface area contributed by atoms with Gasteiger partial charge in [-0.3, -0.25) is 0 Å². The summed E-state index contributed by atoms with van der Waals surface area (Å²) in [6, 6.07) is 3.56. The Morgan fingerprint density at radius 2 is 2.17 bits per heavy atom. The van der Waals surface area contributed by atoms with Crippen LogP contribution in [-0.2, 0) is 6.54 Å². The molecule has 0 saturated carbocycles. The zero-order valence-electron chi connectivity index (χ0n) is 10.7. The number of nitrogens with one attached hydrogen (secondary N) is 1. The molecule has 5 heteroatoms. The van der Waals surface area contributed by atoms with Crippen molar-refractivity contribution >= 4 is 11.6 Å². The smallest absolute Gasteiger partial charge is 0.162 e. The van der Waals surface area contributed by atoms with Crippen molar-refractivity contribution in [2.24, 2.45) is 0 Å². The highest BCUT2D eigenvalue weighted by atomic mass is 35.5. The first-order valence-corrected chi connectivity index (χ1v) is 6.36. The Hall–Kier alpha value is -0.970. The van der Waals surface area contributed by atoms with Gasteiger partial charge in [0, 0.05) is 35.8 Å². The lowest BCUT2D eigenvalue weighted by Crippen LogP contribution is -2.25. The van der Waals surface area contributed by atoms with E-state index in [0.29, 0.717) is 22.9 Å². The van der Waals surface area contributed by atoms with Gasteiger partial charge in [0.15, 0.2) is 11.5 Å². The molecular formula is C13H20ClNO3. The standard InChI is InChI=1S/C13H20ClNO3/c1-9(4-3-5-16)15-8-10-6-11(14)7-12(18-2)13(10)17/h6-7,9,15-17H,3-5,8H2,1-2H3. The minimum atomic E-state index is 0.115. The van der Waals surface area contributed by atoms with Gasteiger partial charge in [-0.15, -0.1) is 0 Å². The molecule has 1 rings (SSSR count). The zero-order chi connectivity index (χ0) is 13.5. The zero-order valence-corrected chi connectivity index (χ0v) is 11.5. The van der Waals surface area contributed by atoms with Gasteiger partial charge in [0.05, 0.1) is 7.11 Å². The summed E-state index contributed by atoms with van der Waals surface area (Å²) < 4.78 is 5.04. The van der Waals surface area contributed by atoms with E-state index >= 15 is 0 Å². The fraction of sp³-hybridized carbons (Fsp3) is 0.538. The number of phenolic OH excluding ortho intramolecular Hbond substituents is 1. The molecule has 0 radical (unpaired) electrons. The lowest BCUT2D eigenvalue weighted by atomic mass is 10.1. The maximum Gasteiger partial charge on any atom is 0.162 e. The number of benzene rings is 1. The fourth-order valence-corrected chi connectivity index (χ4v) is 1.93. The molecule has 3 N–H and O–H groups in total. The van der Waals surface area contributed by atoms with Crippen molar-refractivity contribution in [2.75, 3.05) is 13.7 Å². The minimum absolute atomic E-state index is 0.115. The number of hydrogen-bond donors (Lipinski definition) is 3. The van der Waals surface area contributed by atoms with Gasteiger partial charge in [-0.2, -0.15) is 0 Å². The second-order valence-corrected chi connectivity index (χ2v) is 4.70. The molecule has 1 unspecified atom stereocenters. The van der Waals surface area contributed by atoms with Crippen LogP contribution in [0.4, 0.5) is 0 Å². The molecule has 0 aliphatic heterocycles. The maximum absolute atomic E-state index is 9.94. The number of rotatable bonds is 7. The first kappa shape index (κ1) is 15.1. The van der Waals surface area contributed by atoms with E-state index in [9.17, 15) is 5.11 Å². The monoisotopic (exact) mass is 273 g/mol. The lowest BCUT2D eigenvalue weighted by Gasteiger charge is -2.15. The van der Waals surface area contributed by atoms with Gasteiger partial charge in [-0.25, -0.2) is 0 Å². The van der Waals surface area contributed by atoms with Crippen molar-refractivity contribution in [1.82, 2.24) is 5.32 Å². The lowest BCUT2D eigenvalue weighted by molar-refractivity contribution is 0.276. The summed E-state index contributed by atoms with van der Waals surface area (Å²) in [7, 11) is 1.49. The van der Waals surface area contributed by atoms with E-state index in [1.54, 1.807) is 12.1 Å². The van der Waals surface area contributed by atoms with E-state index in [0.717, 1.165) is 12.8 Å². The minimum Gasteiger partial charge on any atom is -0.504 e. The number of phenols is 1. The summed E-state index contributed by atoms with van der Waals surface area (Å²) >= 11 is 5.95. The highest BCUT2D eigenvalue weighted by Gasteiger charge is 2.10. The van der Waals surface area contributed by atoms with Crippen LogP contribution < -0.4 is 10.1 Å². The van der Waals surface area contributed by atoms with E-state index in [2.05, 4.69) is 5.32 Å². The van der Waals surface area contributed by atoms with E-state index in [1.165, 1.54) is 7.11 Å². The van der Waals surface area contributed by atoms with Crippen molar-refractivity contribution < 1.29 is 14.9 Å². The highest BCUT2D eigenvalue weighted by Crippen LogP contribution is 2.33. The van der Waals surface area contributed by atoms with Crippen molar-refractivity contribution in [1.29, 1.82) is 0 Å². The highest BCUT2D eigenvalue weighted by molar-refractivity contribution is 6.30. The molecule has 0 aliphatic rings. The average molecular weight is 274 g/mol. The number of methoxy groups -OCH3 is 1. The molecule has 0 aromatic heterocycles. The van der Waals surface area contributed by atoms with E-state index in [1.807, 2.05) is 6.92 Å². The topological polar surface area (TPSA) is 61.7 Å².